The van der Waals surface area contributed by atoms with Gasteiger partial charge in [0.1, 0.15) is 0 Å². The predicted octanol–water partition coefficient (Wildman–Crippen LogP) is 2.73. The van der Waals surface area contributed by atoms with Crippen LogP contribution in [0.5, 0.6) is 0 Å². The maximum atomic E-state index is 12.7. The van der Waals surface area contributed by atoms with Crippen molar-refractivity contribution in [3.05, 3.63) is 71.3 Å². The zero-order valence-electron chi connectivity index (χ0n) is 13.1. The summed E-state index contributed by atoms with van der Waals surface area (Å²) in [6, 6.07) is 14.3. The van der Waals surface area contributed by atoms with Gasteiger partial charge in [0.15, 0.2) is 0 Å². The molecule has 0 aromatic heterocycles. The third kappa shape index (κ3) is 5.63. The minimum atomic E-state index is -4.35. The fourth-order valence-electron chi connectivity index (χ4n) is 2.40. The molecule has 2 aromatic carbocycles. The molecule has 0 fully saturated rings. The minimum absolute atomic E-state index is 0.213. The number of benzene rings is 2. The van der Waals surface area contributed by atoms with Gasteiger partial charge in [-0.25, -0.2) is 0 Å². The summed E-state index contributed by atoms with van der Waals surface area (Å²) in [4.78, 5) is 0. The Morgan fingerprint density at radius 2 is 1.67 bits per heavy atom. The largest absolute Gasteiger partial charge is 0.416 e. The van der Waals surface area contributed by atoms with E-state index in [9.17, 15) is 18.3 Å². The smallest absolute Gasteiger partial charge is 0.390 e. The highest BCUT2D eigenvalue weighted by Crippen LogP contribution is 2.29. The number of halogens is 3. The highest BCUT2D eigenvalue weighted by Gasteiger charge is 2.30. The van der Waals surface area contributed by atoms with Crippen molar-refractivity contribution in [2.75, 3.05) is 6.54 Å². The second kappa shape index (κ2) is 8.28. The Hall–Kier alpha value is -1.89. The lowest BCUT2D eigenvalue weighted by molar-refractivity contribution is -0.137. The molecule has 0 saturated heterocycles. The van der Waals surface area contributed by atoms with Gasteiger partial charge in [-0.2, -0.15) is 13.2 Å². The summed E-state index contributed by atoms with van der Waals surface area (Å²) in [5, 5.41) is 13.0. The van der Waals surface area contributed by atoms with E-state index in [1.165, 1.54) is 6.07 Å². The van der Waals surface area contributed by atoms with Crippen molar-refractivity contribution < 1.29 is 18.3 Å². The van der Waals surface area contributed by atoms with Crippen LogP contribution in [0.1, 0.15) is 16.7 Å². The summed E-state index contributed by atoms with van der Waals surface area (Å²) in [5.41, 5.74) is 6.83. The third-order valence-corrected chi connectivity index (χ3v) is 3.75. The highest BCUT2D eigenvalue weighted by atomic mass is 19.4. The molecule has 2 rings (SSSR count). The Morgan fingerprint density at radius 1 is 1.00 bits per heavy atom. The van der Waals surface area contributed by atoms with E-state index in [1.807, 2.05) is 30.3 Å². The first kappa shape index (κ1) is 18.4. The number of hydrogen-bond donors (Lipinski definition) is 3. The molecule has 2 atom stereocenters. The summed E-state index contributed by atoms with van der Waals surface area (Å²) < 4.78 is 38.0. The molecule has 0 aliphatic rings. The number of nitrogens with one attached hydrogen (secondary N) is 1. The number of alkyl halides is 3. The monoisotopic (exact) mass is 338 g/mol. The van der Waals surface area contributed by atoms with E-state index >= 15 is 0 Å². The second-order valence-corrected chi connectivity index (χ2v) is 5.75. The quantitative estimate of drug-likeness (QED) is 0.728. The molecular formula is C18H21F3N2O. The number of aliphatic hydroxyl groups is 1. The molecule has 24 heavy (non-hydrogen) atoms. The molecule has 0 radical (unpaired) electrons. The summed E-state index contributed by atoms with van der Waals surface area (Å²) in [5.74, 6) is 0. The Kier molecular flexibility index (Phi) is 6.36. The van der Waals surface area contributed by atoms with Crippen LogP contribution in [-0.4, -0.2) is 23.8 Å². The molecule has 130 valence electrons. The number of hydrogen-bond acceptors (Lipinski definition) is 3. The van der Waals surface area contributed by atoms with Crippen LogP contribution in [0.3, 0.4) is 0 Å². The standard InChI is InChI=1S/C18H21F3N2O/c19-18(20,21)15-8-4-7-14(9-15)11-23-12-17(24)16(22)10-13-5-2-1-3-6-13/h1-9,16-17,23-24H,10-12,22H2/t16-,17?/m0/s1. The Labute approximate surface area is 139 Å². The molecule has 0 amide bonds. The van der Waals surface area contributed by atoms with Crippen LogP contribution >= 0.6 is 0 Å². The van der Waals surface area contributed by atoms with Crippen molar-refractivity contribution in [1.29, 1.82) is 0 Å². The van der Waals surface area contributed by atoms with Crippen LogP contribution in [0.25, 0.3) is 0 Å². The van der Waals surface area contributed by atoms with Gasteiger partial charge in [-0.15, -0.1) is 0 Å². The topological polar surface area (TPSA) is 58.3 Å². The van der Waals surface area contributed by atoms with Crippen molar-refractivity contribution in [2.45, 2.75) is 31.3 Å². The SMILES string of the molecule is N[C@@H](Cc1ccccc1)C(O)CNCc1cccc(C(F)(F)F)c1. The fraction of sp³-hybridized carbons (Fsp3) is 0.333. The first-order valence-corrected chi connectivity index (χ1v) is 7.70. The summed E-state index contributed by atoms with van der Waals surface area (Å²) in [6.07, 6.45) is -4.60. The molecule has 0 aliphatic heterocycles. The lowest BCUT2D eigenvalue weighted by atomic mass is 10.0. The molecule has 0 spiro atoms. The van der Waals surface area contributed by atoms with Crippen LogP contribution in [0.2, 0.25) is 0 Å². The van der Waals surface area contributed by atoms with Crippen LogP contribution in [-0.2, 0) is 19.1 Å². The molecular weight excluding hydrogens is 317 g/mol. The molecule has 4 N–H and O–H groups in total. The minimum Gasteiger partial charge on any atom is -0.390 e. The Morgan fingerprint density at radius 3 is 2.33 bits per heavy atom. The summed E-state index contributed by atoms with van der Waals surface area (Å²) >= 11 is 0. The lowest BCUT2D eigenvalue weighted by Crippen LogP contribution is -2.43. The predicted molar refractivity (Wildman–Crippen MR) is 87.3 cm³/mol. The van der Waals surface area contributed by atoms with E-state index in [2.05, 4.69) is 5.32 Å². The van der Waals surface area contributed by atoms with Gasteiger partial charge in [0.05, 0.1) is 11.7 Å². The number of aliphatic hydroxyl groups excluding tert-OH is 1. The maximum absolute atomic E-state index is 12.7. The van der Waals surface area contributed by atoms with Crippen molar-refractivity contribution in [2.24, 2.45) is 5.73 Å². The van der Waals surface area contributed by atoms with E-state index < -0.39 is 23.9 Å². The highest BCUT2D eigenvalue weighted by molar-refractivity contribution is 5.25. The van der Waals surface area contributed by atoms with Gasteiger partial charge >= 0.3 is 6.18 Å². The molecule has 0 saturated carbocycles. The molecule has 2 aromatic rings. The van der Waals surface area contributed by atoms with Crippen LogP contribution < -0.4 is 11.1 Å². The van der Waals surface area contributed by atoms with Gasteiger partial charge in [-0.1, -0.05) is 48.5 Å². The van der Waals surface area contributed by atoms with Crippen LogP contribution in [0, 0.1) is 0 Å². The average Bonchev–Trinajstić information content (AvgIpc) is 2.55. The molecule has 0 heterocycles. The Balaban J connectivity index is 1.81. The van der Waals surface area contributed by atoms with Crippen molar-refractivity contribution in [3.63, 3.8) is 0 Å². The third-order valence-electron chi connectivity index (χ3n) is 3.75. The van der Waals surface area contributed by atoms with Crippen molar-refractivity contribution in [3.8, 4) is 0 Å². The van der Waals surface area contributed by atoms with Gasteiger partial charge in [0.2, 0.25) is 0 Å². The number of nitrogens with two attached hydrogens (primary N) is 1. The van der Waals surface area contributed by atoms with Gasteiger partial charge < -0.3 is 16.2 Å². The first-order valence-electron chi connectivity index (χ1n) is 7.70. The van der Waals surface area contributed by atoms with E-state index in [0.717, 1.165) is 17.7 Å². The van der Waals surface area contributed by atoms with E-state index in [4.69, 9.17) is 5.73 Å². The Bertz CT molecular complexity index is 632. The van der Waals surface area contributed by atoms with Gasteiger partial charge in [-0.05, 0) is 23.6 Å². The van der Waals surface area contributed by atoms with Gasteiger partial charge in [0.25, 0.3) is 0 Å². The van der Waals surface area contributed by atoms with E-state index in [-0.39, 0.29) is 13.1 Å². The fourth-order valence-corrected chi connectivity index (χ4v) is 2.40. The molecule has 0 aliphatic carbocycles. The molecule has 1 unspecified atom stereocenters. The summed E-state index contributed by atoms with van der Waals surface area (Å²) in [7, 11) is 0. The molecule has 6 heteroatoms. The molecule has 0 bridgehead atoms. The van der Waals surface area contributed by atoms with Crippen LogP contribution in [0.4, 0.5) is 13.2 Å². The zero-order chi connectivity index (χ0) is 17.6. The lowest BCUT2D eigenvalue weighted by Gasteiger charge is -2.19. The maximum Gasteiger partial charge on any atom is 0.416 e. The van der Waals surface area contributed by atoms with Gasteiger partial charge in [0, 0.05) is 19.1 Å². The van der Waals surface area contributed by atoms with Crippen molar-refractivity contribution in [1.82, 2.24) is 5.32 Å². The van der Waals surface area contributed by atoms with E-state index in [1.54, 1.807) is 6.07 Å². The molecule has 3 nitrogen and oxygen atoms in total. The normalized spacial score (nSPS) is 14.4. The average molecular weight is 338 g/mol. The van der Waals surface area contributed by atoms with Gasteiger partial charge in [-0.3, -0.25) is 0 Å². The van der Waals surface area contributed by atoms with E-state index in [0.29, 0.717) is 12.0 Å². The van der Waals surface area contributed by atoms with Crippen LogP contribution in [0.15, 0.2) is 54.6 Å². The second-order valence-electron chi connectivity index (χ2n) is 5.75. The zero-order valence-corrected chi connectivity index (χ0v) is 13.1. The first-order chi connectivity index (χ1) is 11.4. The summed E-state index contributed by atoms with van der Waals surface area (Å²) in [6.45, 7) is 0.448. The van der Waals surface area contributed by atoms with Crippen molar-refractivity contribution >= 4 is 0 Å². The number of rotatable bonds is 7.